The second-order valence-corrected chi connectivity index (χ2v) is 7.91. The molecule has 164 valence electrons. The number of rotatable bonds is 9. The van der Waals surface area contributed by atoms with E-state index in [-0.39, 0.29) is 24.7 Å². The molecule has 31 heavy (non-hydrogen) atoms. The van der Waals surface area contributed by atoms with Gasteiger partial charge in [-0.3, -0.25) is 14.4 Å². The van der Waals surface area contributed by atoms with Gasteiger partial charge in [0.25, 0.3) is 0 Å². The summed E-state index contributed by atoms with van der Waals surface area (Å²) in [6.07, 6.45) is 1.49. The van der Waals surface area contributed by atoms with Gasteiger partial charge in [0.2, 0.25) is 5.91 Å². The van der Waals surface area contributed by atoms with Crippen LogP contribution in [0.3, 0.4) is 0 Å². The third kappa shape index (κ3) is 6.79. The summed E-state index contributed by atoms with van der Waals surface area (Å²) in [5.41, 5.74) is 1.86. The Balaban J connectivity index is 1.35. The number of nitrogens with zero attached hydrogens (tertiary/aromatic N) is 2. The maximum atomic E-state index is 13.0. The van der Waals surface area contributed by atoms with E-state index in [1.165, 1.54) is 21.9 Å². The largest absolute Gasteiger partial charge is 0.356 e. The molecule has 1 aliphatic rings. The summed E-state index contributed by atoms with van der Waals surface area (Å²) in [4.78, 5) is 39.7. The average Bonchev–Trinajstić information content (AvgIpc) is 2.76. The van der Waals surface area contributed by atoms with E-state index < -0.39 is 11.8 Å². The van der Waals surface area contributed by atoms with Crippen LogP contribution in [0.4, 0.5) is 4.39 Å². The molecule has 8 heteroatoms. The summed E-state index contributed by atoms with van der Waals surface area (Å²) in [5.74, 6) is -1.55. The van der Waals surface area contributed by atoms with Gasteiger partial charge in [0.05, 0.1) is 0 Å². The van der Waals surface area contributed by atoms with Crippen molar-refractivity contribution < 1.29 is 18.8 Å². The summed E-state index contributed by atoms with van der Waals surface area (Å²) in [5, 5.41) is 3.54. The predicted octanol–water partition coefficient (Wildman–Crippen LogP) is 2.79. The minimum absolute atomic E-state index is 0.0808. The maximum Gasteiger partial charge on any atom is 0.312 e. The summed E-state index contributed by atoms with van der Waals surface area (Å²) in [6, 6.07) is 13.3. The van der Waals surface area contributed by atoms with Crippen molar-refractivity contribution in [2.45, 2.75) is 25.8 Å². The molecule has 1 heterocycles. The molecule has 0 unspecified atom stereocenters. The first-order chi connectivity index (χ1) is 14.9. The molecule has 1 saturated heterocycles. The fourth-order valence-electron chi connectivity index (χ4n) is 3.41. The second-order valence-electron chi connectivity index (χ2n) is 7.48. The Morgan fingerprint density at radius 2 is 1.55 bits per heavy atom. The van der Waals surface area contributed by atoms with Crippen molar-refractivity contribution in [2.75, 3.05) is 26.2 Å². The highest BCUT2D eigenvalue weighted by Gasteiger charge is 2.32. The third-order valence-electron chi connectivity index (χ3n) is 5.16. The van der Waals surface area contributed by atoms with Crippen molar-refractivity contribution in [2.24, 2.45) is 0 Å². The van der Waals surface area contributed by atoms with Crippen molar-refractivity contribution in [1.29, 1.82) is 0 Å². The number of carbonyl (C=O) groups excluding carboxylic acids is 3. The molecule has 2 aromatic carbocycles. The smallest absolute Gasteiger partial charge is 0.312 e. The number of halogens is 2. The standard InChI is InChI=1S/C23H25ClFN3O3/c24-19-7-3-17(4-8-19)11-12-26-21(29)2-1-13-27-14-15-28(23(31)22(27)30)16-18-5-9-20(25)10-6-18/h3-10H,1-2,11-16H2,(H,26,29). The van der Waals surface area contributed by atoms with Crippen LogP contribution in [0.2, 0.25) is 5.02 Å². The van der Waals surface area contributed by atoms with Crippen LogP contribution in [0.5, 0.6) is 0 Å². The molecule has 1 aliphatic heterocycles. The number of carbonyl (C=O) groups is 3. The molecule has 3 rings (SSSR count). The van der Waals surface area contributed by atoms with Crippen LogP contribution in [0.1, 0.15) is 24.0 Å². The zero-order valence-electron chi connectivity index (χ0n) is 17.2. The quantitative estimate of drug-likeness (QED) is 0.603. The van der Waals surface area contributed by atoms with Crippen LogP contribution in [-0.4, -0.2) is 53.7 Å². The normalized spacial score (nSPS) is 14.1. The highest BCUT2D eigenvalue weighted by molar-refractivity contribution is 6.35. The van der Waals surface area contributed by atoms with Gasteiger partial charge in [-0.1, -0.05) is 35.9 Å². The van der Waals surface area contributed by atoms with Crippen LogP contribution in [0, 0.1) is 5.82 Å². The van der Waals surface area contributed by atoms with Gasteiger partial charge in [-0.2, -0.15) is 0 Å². The Morgan fingerprint density at radius 1 is 0.935 bits per heavy atom. The molecule has 0 radical (unpaired) electrons. The molecular formula is C23H25ClFN3O3. The lowest BCUT2D eigenvalue weighted by Gasteiger charge is -2.33. The van der Waals surface area contributed by atoms with Gasteiger partial charge in [0.1, 0.15) is 5.82 Å². The number of nitrogens with one attached hydrogen (secondary N) is 1. The van der Waals surface area contributed by atoms with Crippen molar-refractivity contribution in [3.8, 4) is 0 Å². The van der Waals surface area contributed by atoms with Gasteiger partial charge in [0.15, 0.2) is 0 Å². The molecule has 0 aliphatic carbocycles. The minimum Gasteiger partial charge on any atom is -0.356 e. The van der Waals surface area contributed by atoms with Crippen molar-refractivity contribution in [3.05, 3.63) is 70.5 Å². The lowest BCUT2D eigenvalue weighted by molar-refractivity contribution is -0.156. The summed E-state index contributed by atoms with van der Waals surface area (Å²) in [6.45, 7) is 1.99. The average molecular weight is 446 g/mol. The van der Waals surface area contributed by atoms with Crippen molar-refractivity contribution >= 4 is 29.3 Å². The van der Waals surface area contributed by atoms with E-state index in [1.54, 1.807) is 12.1 Å². The number of hydrogen-bond donors (Lipinski definition) is 1. The molecule has 1 fully saturated rings. The highest BCUT2D eigenvalue weighted by atomic mass is 35.5. The predicted molar refractivity (Wildman–Crippen MR) is 116 cm³/mol. The van der Waals surface area contributed by atoms with Gasteiger partial charge in [-0.05, 0) is 48.2 Å². The van der Waals surface area contributed by atoms with E-state index in [4.69, 9.17) is 11.6 Å². The highest BCUT2D eigenvalue weighted by Crippen LogP contribution is 2.13. The second kappa shape index (κ2) is 10.9. The number of hydrogen-bond acceptors (Lipinski definition) is 3. The van der Waals surface area contributed by atoms with Crippen LogP contribution < -0.4 is 5.32 Å². The van der Waals surface area contributed by atoms with E-state index in [0.29, 0.717) is 44.0 Å². The Bertz CT molecular complexity index is 919. The maximum absolute atomic E-state index is 13.0. The molecule has 0 atom stereocenters. The molecule has 1 N–H and O–H groups in total. The Labute approximate surface area is 186 Å². The van der Waals surface area contributed by atoms with Crippen LogP contribution in [-0.2, 0) is 27.3 Å². The Morgan fingerprint density at radius 3 is 2.26 bits per heavy atom. The molecule has 0 spiro atoms. The first kappa shape index (κ1) is 22.7. The van der Waals surface area contributed by atoms with Gasteiger partial charge in [-0.15, -0.1) is 0 Å². The molecule has 2 aromatic rings. The van der Waals surface area contributed by atoms with E-state index in [9.17, 15) is 18.8 Å². The minimum atomic E-state index is -0.567. The van der Waals surface area contributed by atoms with Crippen molar-refractivity contribution in [1.82, 2.24) is 15.1 Å². The molecule has 0 saturated carbocycles. The van der Waals surface area contributed by atoms with Crippen molar-refractivity contribution in [3.63, 3.8) is 0 Å². The number of benzene rings is 2. The fourth-order valence-corrected chi connectivity index (χ4v) is 3.53. The topological polar surface area (TPSA) is 69.7 Å². The van der Waals surface area contributed by atoms with Gasteiger partial charge in [-0.25, -0.2) is 4.39 Å². The first-order valence-electron chi connectivity index (χ1n) is 10.3. The molecular weight excluding hydrogens is 421 g/mol. The van der Waals surface area contributed by atoms with Gasteiger partial charge < -0.3 is 15.1 Å². The Hall–Kier alpha value is -2.93. The molecule has 3 amide bonds. The van der Waals surface area contributed by atoms with Crippen LogP contribution in [0.25, 0.3) is 0 Å². The molecule has 0 bridgehead atoms. The molecule has 6 nitrogen and oxygen atoms in total. The Kier molecular flexibility index (Phi) is 8.00. The van der Waals surface area contributed by atoms with E-state index in [2.05, 4.69) is 5.32 Å². The fraction of sp³-hybridized carbons (Fsp3) is 0.348. The lowest BCUT2D eigenvalue weighted by Crippen LogP contribution is -2.54. The zero-order chi connectivity index (χ0) is 22.2. The lowest BCUT2D eigenvalue weighted by atomic mass is 10.1. The molecule has 0 aromatic heterocycles. The van der Waals surface area contributed by atoms with E-state index in [0.717, 1.165) is 11.1 Å². The van der Waals surface area contributed by atoms with Gasteiger partial charge >= 0.3 is 11.8 Å². The summed E-state index contributed by atoms with van der Waals surface area (Å²) < 4.78 is 13.0. The van der Waals surface area contributed by atoms with Crippen LogP contribution >= 0.6 is 11.6 Å². The summed E-state index contributed by atoms with van der Waals surface area (Å²) >= 11 is 5.85. The van der Waals surface area contributed by atoms with E-state index >= 15 is 0 Å². The van der Waals surface area contributed by atoms with Crippen LogP contribution in [0.15, 0.2) is 48.5 Å². The number of piperazine rings is 1. The first-order valence-corrected chi connectivity index (χ1v) is 10.6. The zero-order valence-corrected chi connectivity index (χ0v) is 17.9. The summed E-state index contributed by atoms with van der Waals surface area (Å²) in [7, 11) is 0. The monoisotopic (exact) mass is 445 g/mol. The van der Waals surface area contributed by atoms with E-state index in [1.807, 2.05) is 24.3 Å². The number of amides is 3. The van der Waals surface area contributed by atoms with Gasteiger partial charge in [0, 0.05) is 44.2 Å². The third-order valence-corrected chi connectivity index (χ3v) is 5.42. The SMILES string of the molecule is O=C(CCCN1CCN(Cc2ccc(F)cc2)C(=O)C1=O)NCCc1ccc(Cl)cc1.